The number of aldehydes is 1. The fraction of sp³-hybridized carbons (Fsp3) is 0.625. The van der Waals surface area contributed by atoms with Gasteiger partial charge in [-0.2, -0.15) is 0 Å². The summed E-state index contributed by atoms with van der Waals surface area (Å²) in [5.74, 6) is -5.29. The summed E-state index contributed by atoms with van der Waals surface area (Å²) >= 11 is 0. The zero-order chi connectivity index (χ0) is 21.9. The molecule has 28 heavy (non-hydrogen) atoms. The Morgan fingerprint density at radius 1 is 1.18 bits per heavy atom. The summed E-state index contributed by atoms with van der Waals surface area (Å²) in [4.78, 5) is 68.7. The van der Waals surface area contributed by atoms with E-state index in [1.54, 1.807) is 0 Å². The lowest BCUT2D eigenvalue weighted by molar-refractivity contribution is -0.158. The number of carboxylic acid groups (broad SMARTS) is 1. The van der Waals surface area contributed by atoms with Crippen LogP contribution in [0.15, 0.2) is 0 Å². The van der Waals surface area contributed by atoms with Gasteiger partial charge in [0, 0.05) is 6.42 Å². The predicted octanol–water partition coefficient (Wildman–Crippen LogP) is -2.75. The second kappa shape index (κ2) is 12.5. The summed E-state index contributed by atoms with van der Waals surface area (Å²) in [5, 5.41) is 21.7. The molecule has 0 aromatic carbocycles. The van der Waals surface area contributed by atoms with Gasteiger partial charge in [0.25, 0.3) is 11.8 Å². The molecule has 0 spiro atoms. The first-order valence-corrected chi connectivity index (χ1v) is 8.46. The number of aliphatic hydroxyl groups excluding tert-OH is 1. The van der Waals surface area contributed by atoms with E-state index in [9.17, 15) is 28.8 Å². The van der Waals surface area contributed by atoms with Gasteiger partial charge in [-0.3, -0.25) is 19.2 Å². The third kappa shape index (κ3) is 8.68. The van der Waals surface area contributed by atoms with Crippen LogP contribution in [0.4, 0.5) is 0 Å². The minimum Gasteiger partial charge on any atom is -0.481 e. The van der Waals surface area contributed by atoms with Crippen molar-refractivity contribution in [2.75, 3.05) is 6.61 Å². The topological polar surface area (TPSA) is 202 Å². The van der Waals surface area contributed by atoms with Crippen LogP contribution >= 0.6 is 0 Å². The maximum atomic E-state index is 12.1. The number of carbonyl (C=O) groups is 6. The van der Waals surface area contributed by atoms with Gasteiger partial charge >= 0.3 is 11.9 Å². The molecule has 0 aromatic rings. The summed E-state index contributed by atoms with van der Waals surface area (Å²) in [6, 6.07) is -3.74. The average Bonchev–Trinajstić information content (AvgIpc) is 2.66. The molecule has 0 heterocycles. The Morgan fingerprint density at radius 2 is 1.79 bits per heavy atom. The van der Waals surface area contributed by atoms with Crippen LogP contribution in [-0.2, 0) is 33.5 Å². The van der Waals surface area contributed by atoms with E-state index in [2.05, 4.69) is 10.6 Å². The summed E-state index contributed by atoms with van der Waals surface area (Å²) < 4.78 is 4.89. The lowest BCUT2D eigenvalue weighted by Crippen LogP contribution is -2.50. The minimum absolute atomic E-state index is 0.0319. The van der Waals surface area contributed by atoms with Crippen molar-refractivity contribution in [1.82, 2.24) is 10.6 Å². The molecule has 4 atom stereocenters. The molecule has 0 aliphatic heterocycles. The monoisotopic (exact) mass is 403 g/mol. The van der Waals surface area contributed by atoms with Crippen molar-refractivity contribution in [2.24, 2.45) is 5.73 Å². The fourth-order valence-electron chi connectivity index (χ4n) is 1.87. The third-order valence-electron chi connectivity index (χ3n) is 3.58. The Labute approximate surface area is 160 Å². The molecule has 0 aliphatic carbocycles. The number of nitrogens with one attached hydrogen (secondary N) is 2. The molecule has 0 aliphatic rings. The number of rotatable bonds is 13. The highest BCUT2D eigenvalue weighted by Crippen LogP contribution is 2.02. The Morgan fingerprint density at radius 3 is 2.25 bits per heavy atom. The number of esters is 1. The quantitative estimate of drug-likeness (QED) is 0.122. The van der Waals surface area contributed by atoms with Crippen LogP contribution in [-0.4, -0.2) is 76.9 Å². The van der Waals surface area contributed by atoms with Crippen LogP contribution in [0.3, 0.4) is 0 Å². The van der Waals surface area contributed by atoms with Crippen molar-refractivity contribution in [3.63, 3.8) is 0 Å². The van der Waals surface area contributed by atoms with Gasteiger partial charge in [-0.15, -0.1) is 0 Å². The molecule has 0 radical (unpaired) electrons. The van der Waals surface area contributed by atoms with Crippen LogP contribution in [0.25, 0.3) is 0 Å². The second-order valence-corrected chi connectivity index (χ2v) is 5.85. The number of carboxylic acids is 1. The van der Waals surface area contributed by atoms with Crippen molar-refractivity contribution in [3.8, 4) is 0 Å². The molecule has 0 saturated carbocycles. The van der Waals surface area contributed by atoms with Crippen molar-refractivity contribution in [1.29, 1.82) is 0 Å². The third-order valence-corrected chi connectivity index (χ3v) is 3.58. The van der Waals surface area contributed by atoms with Crippen LogP contribution in [0.2, 0.25) is 0 Å². The minimum atomic E-state index is -1.34. The Hall–Kier alpha value is -2.86. The first-order chi connectivity index (χ1) is 13.1. The lowest BCUT2D eigenvalue weighted by Gasteiger charge is -2.20. The van der Waals surface area contributed by atoms with Gasteiger partial charge in [0.05, 0.1) is 12.6 Å². The van der Waals surface area contributed by atoms with E-state index in [-0.39, 0.29) is 12.8 Å². The van der Waals surface area contributed by atoms with Crippen molar-refractivity contribution in [2.45, 2.75) is 57.3 Å². The van der Waals surface area contributed by atoms with Gasteiger partial charge in [0.15, 0.2) is 6.10 Å². The highest BCUT2D eigenvalue weighted by atomic mass is 16.5. The van der Waals surface area contributed by atoms with Gasteiger partial charge in [0.2, 0.25) is 5.78 Å². The maximum Gasteiger partial charge on any atom is 0.329 e. The molecule has 6 N–H and O–H groups in total. The first kappa shape index (κ1) is 25.1. The molecular formula is C16H25N3O9. The highest BCUT2D eigenvalue weighted by Gasteiger charge is 2.29. The van der Waals surface area contributed by atoms with Gasteiger partial charge in [-0.05, 0) is 19.8 Å². The zero-order valence-corrected chi connectivity index (χ0v) is 15.5. The standard InChI is InChI=1S/C16H25N3O9/c1-3-11(19-15(26)13(24)10(17)4-5-12(22)23)16(27)28-8(2)14(25)18-9(6-20)7-21/h6,8-11,21H,3-5,7,17H2,1-2H3,(H,18,25)(H,19,26)(H,22,23)/t8-,9+,10-,11-/m0/s1. The Kier molecular flexibility index (Phi) is 11.2. The second-order valence-electron chi connectivity index (χ2n) is 5.85. The lowest BCUT2D eigenvalue weighted by atomic mass is 10.1. The number of amides is 2. The number of carbonyl (C=O) groups excluding carboxylic acids is 5. The van der Waals surface area contributed by atoms with Gasteiger partial charge < -0.3 is 36.1 Å². The molecule has 158 valence electrons. The summed E-state index contributed by atoms with van der Waals surface area (Å²) in [7, 11) is 0. The molecule has 0 unspecified atom stereocenters. The van der Waals surface area contributed by atoms with Crippen molar-refractivity contribution in [3.05, 3.63) is 0 Å². The largest absolute Gasteiger partial charge is 0.481 e. The first-order valence-electron chi connectivity index (χ1n) is 8.46. The van der Waals surface area contributed by atoms with Crippen LogP contribution in [0.5, 0.6) is 0 Å². The van der Waals surface area contributed by atoms with E-state index in [0.29, 0.717) is 6.29 Å². The summed E-state index contributed by atoms with van der Waals surface area (Å²) in [6.45, 7) is 2.10. The van der Waals surface area contributed by atoms with Crippen molar-refractivity contribution < 1.29 is 43.7 Å². The van der Waals surface area contributed by atoms with E-state index in [1.807, 2.05) is 0 Å². The Balaban J connectivity index is 4.75. The number of Topliss-reactive ketones (excluding diaryl/α,β-unsaturated/α-hetero) is 1. The van der Waals surface area contributed by atoms with E-state index in [4.69, 9.17) is 20.7 Å². The van der Waals surface area contributed by atoms with E-state index >= 15 is 0 Å². The number of aliphatic hydroxyl groups is 1. The molecule has 0 saturated heterocycles. The number of nitrogens with two attached hydrogens (primary N) is 1. The van der Waals surface area contributed by atoms with E-state index < -0.39 is 66.8 Å². The van der Waals surface area contributed by atoms with Gasteiger partial charge in [-0.1, -0.05) is 6.92 Å². The molecular weight excluding hydrogens is 378 g/mol. The fourth-order valence-corrected chi connectivity index (χ4v) is 1.87. The zero-order valence-electron chi connectivity index (χ0n) is 15.5. The molecule has 0 rings (SSSR count). The molecule has 0 aromatic heterocycles. The SMILES string of the molecule is CC[C@H](NC(=O)C(=O)[C@@H](N)CCC(=O)O)C(=O)O[C@@H](C)C(=O)N[C@H](C=O)CO. The van der Waals surface area contributed by atoms with Crippen LogP contribution < -0.4 is 16.4 Å². The number of ether oxygens (including phenoxy) is 1. The molecule has 12 nitrogen and oxygen atoms in total. The van der Waals surface area contributed by atoms with E-state index in [1.165, 1.54) is 13.8 Å². The normalized spacial score (nSPS) is 14.7. The number of ketones is 1. The average molecular weight is 403 g/mol. The number of hydrogen-bond acceptors (Lipinski definition) is 9. The molecule has 0 fully saturated rings. The van der Waals surface area contributed by atoms with Crippen molar-refractivity contribution >= 4 is 35.8 Å². The van der Waals surface area contributed by atoms with Gasteiger partial charge in [-0.25, -0.2) is 4.79 Å². The van der Waals surface area contributed by atoms with E-state index in [0.717, 1.165) is 0 Å². The highest BCUT2D eigenvalue weighted by molar-refractivity contribution is 6.38. The number of hydrogen-bond donors (Lipinski definition) is 5. The summed E-state index contributed by atoms with van der Waals surface area (Å²) in [6.07, 6.45) is -1.64. The molecule has 0 bridgehead atoms. The summed E-state index contributed by atoms with van der Waals surface area (Å²) in [5.41, 5.74) is 5.46. The maximum absolute atomic E-state index is 12.1. The smallest absolute Gasteiger partial charge is 0.329 e. The van der Waals surface area contributed by atoms with Gasteiger partial charge in [0.1, 0.15) is 18.4 Å². The molecule has 12 heteroatoms. The Bertz CT molecular complexity index is 608. The van der Waals surface area contributed by atoms with Crippen LogP contribution in [0.1, 0.15) is 33.1 Å². The molecule has 2 amide bonds. The van der Waals surface area contributed by atoms with Crippen LogP contribution in [0, 0.1) is 0 Å². The number of aliphatic carboxylic acids is 1. The predicted molar refractivity (Wildman–Crippen MR) is 92.7 cm³/mol.